The summed E-state index contributed by atoms with van der Waals surface area (Å²) in [7, 11) is 0. The van der Waals surface area contributed by atoms with Gasteiger partial charge < -0.3 is 10.1 Å². The number of benzene rings is 1. The molecule has 18 heavy (non-hydrogen) atoms. The Hall–Kier alpha value is -0.540. The van der Waals surface area contributed by atoms with Crippen molar-refractivity contribution in [3.63, 3.8) is 0 Å². The van der Waals surface area contributed by atoms with Crippen molar-refractivity contribution >= 4 is 15.9 Å². The minimum atomic E-state index is 0.488. The van der Waals surface area contributed by atoms with Crippen molar-refractivity contribution in [2.45, 2.75) is 32.6 Å². The Morgan fingerprint density at radius 3 is 2.94 bits per heavy atom. The van der Waals surface area contributed by atoms with Crippen molar-refractivity contribution in [2.75, 3.05) is 19.7 Å². The van der Waals surface area contributed by atoms with E-state index in [9.17, 15) is 0 Å². The quantitative estimate of drug-likeness (QED) is 0.909. The van der Waals surface area contributed by atoms with Crippen LogP contribution in [0.4, 0.5) is 0 Å². The number of halogens is 1. The van der Waals surface area contributed by atoms with Gasteiger partial charge in [-0.25, -0.2) is 0 Å². The monoisotopic (exact) mass is 311 g/mol. The number of hydrogen-bond donors (Lipinski definition) is 1. The van der Waals surface area contributed by atoms with Gasteiger partial charge in [-0.2, -0.15) is 0 Å². The second kappa shape index (κ2) is 6.58. The Kier molecular flexibility index (Phi) is 5.07. The summed E-state index contributed by atoms with van der Waals surface area (Å²) in [6, 6.07) is 6.30. The van der Waals surface area contributed by atoms with E-state index in [0.717, 1.165) is 29.9 Å². The molecule has 0 aromatic heterocycles. The van der Waals surface area contributed by atoms with E-state index in [-0.39, 0.29) is 0 Å². The first-order valence-corrected chi connectivity index (χ1v) is 7.59. The molecule has 1 fully saturated rings. The van der Waals surface area contributed by atoms with E-state index in [0.29, 0.717) is 11.8 Å². The molecule has 0 saturated carbocycles. The highest BCUT2D eigenvalue weighted by Crippen LogP contribution is 2.30. The number of piperidine rings is 1. The van der Waals surface area contributed by atoms with Crippen molar-refractivity contribution in [1.29, 1.82) is 0 Å². The number of ether oxygens (including phenoxy) is 1. The summed E-state index contributed by atoms with van der Waals surface area (Å²) >= 11 is 3.53. The molecule has 2 nitrogen and oxygen atoms in total. The van der Waals surface area contributed by atoms with Crippen LogP contribution in [0.5, 0.6) is 5.75 Å². The third-order valence-corrected chi connectivity index (χ3v) is 3.96. The lowest BCUT2D eigenvalue weighted by atomic mass is 10.00. The molecule has 1 aromatic carbocycles. The van der Waals surface area contributed by atoms with Crippen molar-refractivity contribution in [2.24, 2.45) is 5.92 Å². The molecule has 0 amide bonds. The minimum absolute atomic E-state index is 0.488. The second-order valence-corrected chi connectivity index (χ2v) is 6.28. The largest absolute Gasteiger partial charge is 0.493 e. The first-order chi connectivity index (χ1) is 8.66. The van der Waals surface area contributed by atoms with Gasteiger partial charge in [0.25, 0.3) is 0 Å². The van der Waals surface area contributed by atoms with E-state index in [4.69, 9.17) is 4.74 Å². The fourth-order valence-electron chi connectivity index (χ4n) is 2.38. The van der Waals surface area contributed by atoms with Crippen LogP contribution >= 0.6 is 15.9 Å². The molecule has 1 N–H and O–H groups in total. The Balaban J connectivity index is 1.99. The first-order valence-electron chi connectivity index (χ1n) is 6.80. The molecule has 3 heteroatoms. The van der Waals surface area contributed by atoms with Crippen molar-refractivity contribution in [1.82, 2.24) is 5.32 Å². The van der Waals surface area contributed by atoms with Gasteiger partial charge >= 0.3 is 0 Å². The topological polar surface area (TPSA) is 21.3 Å². The Bertz CT molecular complexity index is 386. The summed E-state index contributed by atoms with van der Waals surface area (Å²) in [4.78, 5) is 0. The Morgan fingerprint density at radius 1 is 1.44 bits per heavy atom. The van der Waals surface area contributed by atoms with Crippen LogP contribution in [0.3, 0.4) is 0 Å². The zero-order valence-corrected chi connectivity index (χ0v) is 12.8. The SMILES string of the molecule is CC(C)c1cc(Br)ccc1OC[C@@H]1CCCNC1. The molecule has 1 aromatic rings. The summed E-state index contributed by atoms with van der Waals surface area (Å²) in [5.41, 5.74) is 1.29. The van der Waals surface area contributed by atoms with Crippen LogP contribution in [0.25, 0.3) is 0 Å². The molecular weight excluding hydrogens is 290 g/mol. The molecule has 1 atom stereocenters. The van der Waals surface area contributed by atoms with E-state index in [2.05, 4.69) is 53.3 Å². The fraction of sp³-hybridized carbons (Fsp3) is 0.600. The predicted molar refractivity (Wildman–Crippen MR) is 79.3 cm³/mol. The average molecular weight is 312 g/mol. The van der Waals surface area contributed by atoms with E-state index in [1.54, 1.807) is 0 Å². The van der Waals surface area contributed by atoms with E-state index < -0.39 is 0 Å². The molecule has 0 spiro atoms. The normalized spacial score (nSPS) is 20.1. The molecule has 1 aliphatic rings. The van der Waals surface area contributed by atoms with Gasteiger partial charge in [0.1, 0.15) is 5.75 Å². The van der Waals surface area contributed by atoms with Gasteiger partial charge in [0.15, 0.2) is 0 Å². The third-order valence-electron chi connectivity index (χ3n) is 3.47. The maximum atomic E-state index is 6.03. The fourth-order valence-corrected chi connectivity index (χ4v) is 2.75. The molecule has 0 aliphatic carbocycles. The molecule has 0 unspecified atom stereocenters. The molecule has 100 valence electrons. The van der Waals surface area contributed by atoms with E-state index >= 15 is 0 Å². The van der Waals surface area contributed by atoms with Crippen LogP contribution in [0.15, 0.2) is 22.7 Å². The van der Waals surface area contributed by atoms with Gasteiger partial charge in [0.2, 0.25) is 0 Å². The van der Waals surface area contributed by atoms with Crippen molar-refractivity contribution < 1.29 is 4.74 Å². The van der Waals surface area contributed by atoms with Crippen LogP contribution in [0.1, 0.15) is 38.2 Å². The average Bonchev–Trinajstić information content (AvgIpc) is 2.38. The lowest BCUT2D eigenvalue weighted by Gasteiger charge is -2.24. The zero-order chi connectivity index (χ0) is 13.0. The second-order valence-electron chi connectivity index (χ2n) is 5.36. The summed E-state index contributed by atoms with van der Waals surface area (Å²) in [5, 5.41) is 3.43. The molecule has 0 radical (unpaired) electrons. The van der Waals surface area contributed by atoms with Gasteiger partial charge in [0, 0.05) is 16.9 Å². The standard InChI is InChI=1S/C15H22BrNO/c1-11(2)14-8-13(16)5-6-15(14)18-10-12-4-3-7-17-9-12/h5-6,8,11-12,17H,3-4,7,9-10H2,1-2H3/t12-/m1/s1. The summed E-state index contributed by atoms with van der Waals surface area (Å²) in [6.07, 6.45) is 2.55. The van der Waals surface area contributed by atoms with Gasteiger partial charge in [0.05, 0.1) is 6.61 Å². The lowest BCUT2D eigenvalue weighted by Crippen LogP contribution is -2.33. The predicted octanol–water partition coefficient (Wildman–Crippen LogP) is 3.95. The maximum absolute atomic E-state index is 6.03. The molecule has 1 heterocycles. The first kappa shape index (κ1) is 13.9. The van der Waals surface area contributed by atoms with Crippen LogP contribution in [-0.2, 0) is 0 Å². The highest BCUT2D eigenvalue weighted by molar-refractivity contribution is 9.10. The van der Waals surface area contributed by atoms with Gasteiger partial charge in [-0.3, -0.25) is 0 Å². The van der Waals surface area contributed by atoms with Gasteiger partial charge in [-0.1, -0.05) is 29.8 Å². The van der Waals surface area contributed by atoms with Gasteiger partial charge in [-0.05, 0) is 49.1 Å². The molecule has 1 saturated heterocycles. The van der Waals surface area contributed by atoms with Crippen LogP contribution in [0.2, 0.25) is 0 Å². The third kappa shape index (κ3) is 3.72. The number of nitrogens with one attached hydrogen (secondary N) is 1. The Labute approximate surface area is 118 Å². The highest BCUT2D eigenvalue weighted by atomic mass is 79.9. The summed E-state index contributed by atoms with van der Waals surface area (Å²) in [6.45, 7) is 7.49. The van der Waals surface area contributed by atoms with E-state index in [1.165, 1.54) is 18.4 Å². The van der Waals surface area contributed by atoms with Crippen molar-refractivity contribution in [3.8, 4) is 5.75 Å². The summed E-state index contributed by atoms with van der Waals surface area (Å²) < 4.78 is 7.16. The number of hydrogen-bond acceptors (Lipinski definition) is 2. The molecule has 0 bridgehead atoms. The van der Waals surface area contributed by atoms with Crippen LogP contribution in [0, 0.1) is 5.92 Å². The van der Waals surface area contributed by atoms with Crippen LogP contribution < -0.4 is 10.1 Å². The minimum Gasteiger partial charge on any atom is -0.493 e. The van der Waals surface area contributed by atoms with Crippen LogP contribution in [-0.4, -0.2) is 19.7 Å². The highest BCUT2D eigenvalue weighted by Gasteiger charge is 2.15. The van der Waals surface area contributed by atoms with E-state index in [1.807, 2.05) is 0 Å². The number of rotatable bonds is 4. The van der Waals surface area contributed by atoms with Crippen molar-refractivity contribution in [3.05, 3.63) is 28.2 Å². The molecule has 2 rings (SSSR count). The summed E-state index contributed by atoms with van der Waals surface area (Å²) in [5.74, 6) is 2.18. The molecular formula is C15H22BrNO. The maximum Gasteiger partial charge on any atom is 0.122 e. The smallest absolute Gasteiger partial charge is 0.122 e. The molecule has 1 aliphatic heterocycles. The lowest BCUT2D eigenvalue weighted by molar-refractivity contribution is 0.216. The Morgan fingerprint density at radius 2 is 2.28 bits per heavy atom. The van der Waals surface area contributed by atoms with Gasteiger partial charge in [-0.15, -0.1) is 0 Å². The zero-order valence-electron chi connectivity index (χ0n) is 11.2.